The van der Waals surface area contributed by atoms with Crippen molar-refractivity contribution < 1.29 is 37.3 Å². The molecule has 0 radical (unpaired) electrons. The van der Waals surface area contributed by atoms with Crippen molar-refractivity contribution in [3.8, 4) is 0 Å². The number of phosphoric acid groups is 1. The van der Waals surface area contributed by atoms with Gasteiger partial charge in [0.1, 0.15) is 19.3 Å². The molecule has 0 heterocycles. The molecule has 0 aliphatic heterocycles. The summed E-state index contributed by atoms with van der Waals surface area (Å²) in [6, 6.07) is -0.882. The first-order valence-electron chi connectivity index (χ1n) is 28.9. The van der Waals surface area contributed by atoms with Gasteiger partial charge in [0.05, 0.1) is 33.8 Å². The number of esters is 1. The second-order valence-corrected chi connectivity index (χ2v) is 21.9. The zero-order valence-electron chi connectivity index (χ0n) is 46.7. The van der Waals surface area contributed by atoms with Gasteiger partial charge in [-0.3, -0.25) is 18.6 Å². The van der Waals surface area contributed by atoms with Crippen molar-refractivity contribution in [1.82, 2.24) is 5.32 Å². The maximum absolute atomic E-state index is 13.5. The van der Waals surface area contributed by atoms with Crippen molar-refractivity contribution in [3.05, 3.63) is 85.1 Å². The summed E-state index contributed by atoms with van der Waals surface area (Å²) in [5, 5.41) is 3.01. The van der Waals surface area contributed by atoms with Gasteiger partial charge in [-0.2, -0.15) is 0 Å². The molecule has 0 saturated heterocycles. The van der Waals surface area contributed by atoms with E-state index in [4.69, 9.17) is 13.8 Å². The van der Waals surface area contributed by atoms with E-state index in [-0.39, 0.29) is 37.9 Å². The summed E-state index contributed by atoms with van der Waals surface area (Å²) in [6.45, 7) is 6.83. The topological polar surface area (TPSA) is 111 Å². The molecule has 10 heteroatoms. The number of carbonyl (C=O) groups is 2. The lowest BCUT2D eigenvalue weighted by Crippen LogP contribution is -2.47. The number of quaternary nitrogens is 1. The standard InChI is InChI=1S/C61H109N2O7P/c1-7-10-13-16-19-22-25-28-30-31-33-35-38-41-44-47-50-53-60(64)62-58(57-69-71(66,67)68-56-55-63(4,5)6)59(52-49-46-43-40-37-34-27-24-21-18-15-12-9-3)70-61(65)54-51-48-45-42-39-36-32-29-26-23-20-17-14-11-8-2/h10,13,19,22-23,26,28,30,33,35,41,44,49,52,58-59H,7-9,11-12,14-18,20-21,24-25,27,29,31-32,34,36-40,42-43,45-48,50-51,53-57H2,1-6H3,(H-,62,64,66,67)/p+1/b13-10-,22-19-,26-23-,30-28-,35-33-,44-41-,52-49+. The Morgan fingerprint density at radius 2 is 0.915 bits per heavy atom. The third-order valence-electron chi connectivity index (χ3n) is 12.3. The number of allylic oxidation sites excluding steroid dienone is 13. The van der Waals surface area contributed by atoms with E-state index in [1.54, 1.807) is 0 Å². The van der Waals surface area contributed by atoms with Gasteiger partial charge in [-0.05, 0) is 96.0 Å². The van der Waals surface area contributed by atoms with Crippen LogP contribution in [0.4, 0.5) is 0 Å². The van der Waals surface area contributed by atoms with Crippen LogP contribution < -0.4 is 5.32 Å². The first-order chi connectivity index (χ1) is 34.4. The molecule has 0 rings (SSSR count). The second-order valence-electron chi connectivity index (χ2n) is 20.4. The molecular weight excluding hydrogens is 904 g/mol. The van der Waals surface area contributed by atoms with Crippen molar-refractivity contribution in [2.75, 3.05) is 40.9 Å². The number of nitrogens with zero attached hydrogens (tertiary/aromatic N) is 1. The summed E-state index contributed by atoms with van der Waals surface area (Å²) in [6.07, 6.45) is 65.8. The molecule has 0 saturated carbocycles. The van der Waals surface area contributed by atoms with Gasteiger partial charge in [0.15, 0.2) is 0 Å². The Bertz CT molecular complexity index is 1490. The van der Waals surface area contributed by atoms with Crippen LogP contribution in [0.1, 0.15) is 239 Å². The largest absolute Gasteiger partial charge is 0.472 e. The minimum absolute atomic E-state index is 0.0258. The van der Waals surface area contributed by atoms with E-state index in [2.05, 4.69) is 99.0 Å². The molecule has 0 aromatic heterocycles. The molecule has 0 aliphatic carbocycles. The molecule has 3 atom stereocenters. The van der Waals surface area contributed by atoms with Gasteiger partial charge >= 0.3 is 13.8 Å². The molecule has 410 valence electrons. The normalized spacial score (nSPS) is 14.4. The van der Waals surface area contributed by atoms with Gasteiger partial charge in [0.2, 0.25) is 5.91 Å². The first-order valence-corrected chi connectivity index (χ1v) is 30.4. The highest BCUT2D eigenvalue weighted by Crippen LogP contribution is 2.43. The molecule has 0 fully saturated rings. The Kier molecular flexibility index (Phi) is 48.7. The number of carbonyl (C=O) groups excluding carboxylic acids is 2. The van der Waals surface area contributed by atoms with E-state index < -0.39 is 20.0 Å². The maximum atomic E-state index is 13.5. The van der Waals surface area contributed by atoms with Crippen LogP contribution in [0.3, 0.4) is 0 Å². The summed E-state index contributed by atoms with van der Waals surface area (Å²) < 4.78 is 30.6. The van der Waals surface area contributed by atoms with Gasteiger partial charge in [0.25, 0.3) is 0 Å². The summed E-state index contributed by atoms with van der Waals surface area (Å²) in [5.74, 6) is -0.581. The molecule has 2 N–H and O–H groups in total. The van der Waals surface area contributed by atoms with Gasteiger partial charge in [-0.15, -0.1) is 0 Å². The van der Waals surface area contributed by atoms with Crippen LogP contribution >= 0.6 is 7.82 Å². The highest BCUT2D eigenvalue weighted by atomic mass is 31.2. The highest BCUT2D eigenvalue weighted by Gasteiger charge is 2.30. The third-order valence-corrected chi connectivity index (χ3v) is 13.3. The average molecular weight is 1010 g/mol. The number of ether oxygens (including phenoxy) is 1. The van der Waals surface area contributed by atoms with Crippen LogP contribution in [0.5, 0.6) is 0 Å². The van der Waals surface area contributed by atoms with E-state index in [9.17, 15) is 19.0 Å². The van der Waals surface area contributed by atoms with Crippen LogP contribution in [0, 0.1) is 0 Å². The number of likely N-dealkylation sites (N-methyl/N-ethyl adjacent to an activating group) is 1. The predicted molar refractivity (Wildman–Crippen MR) is 304 cm³/mol. The summed E-state index contributed by atoms with van der Waals surface area (Å²) in [7, 11) is 1.45. The highest BCUT2D eigenvalue weighted by molar-refractivity contribution is 7.47. The van der Waals surface area contributed by atoms with Crippen LogP contribution in [-0.4, -0.2) is 74.3 Å². The quantitative estimate of drug-likeness (QED) is 0.0205. The van der Waals surface area contributed by atoms with Gasteiger partial charge in [0, 0.05) is 12.8 Å². The monoisotopic (exact) mass is 1010 g/mol. The molecule has 0 aliphatic rings. The Morgan fingerprint density at radius 3 is 1.41 bits per heavy atom. The Balaban J connectivity index is 5.47. The second kappa shape index (κ2) is 50.7. The lowest BCUT2D eigenvalue weighted by atomic mass is 10.0. The predicted octanol–water partition coefficient (Wildman–Crippen LogP) is 17.4. The summed E-state index contributed by atoms with van der Waals surface area (Å²) in [4.78, 5) is 37.6. The first kappa shape index (κ1) is 68.2. The molecule has 0 spiro atoms. The molecule has 71 heavy (non-hydrogen) atoms. The number of unbranched alkanes of at least 4 members (excludes halogenated alkanes) is 23. The van der Waals surface area contributed by atoms with E-state index >= 15 is 0 Å². The lowest BCUT2D eigenvalue weighted by Gasteiger charge is -2.27. The number of phosphoric ester groups is 1. The van der Waals surface area contributed by atoms with Gasteiger partial charge in [-0.25, -0.2) is 4.57 Å². The van der Waals surface area contributed by atoms with Crippen molar-refractivity contribution in [1.29, 1.82) is 0 Å². The van der Waals surface area contributed by atoms with Crippen molar-refractivity contribution in [3.63, 3.8) is 0 Å². The Hall–Kier alpha value is -2.81. The zero-order valence-corrected chi connectivity index (χ0v) is 47.6. The van der Waals surface area contributed by atoms with E-state index in [0.29, 0.717) is 17.4 Å². The fourth-order valence-corrected chi connectivity index (χ4v) is 8.59. The lowest BCUT2D eigenvalue weighted by molar-refractivity contribution is -0.870. The SMILES string of the molecule is CC/C=C\C/C=C\C/C=C\C/C=C\C/C=C\CCCC(=O)NC(COP(=O)(O)OCC[N+](C)(C)C)C(/C=C/CCCCCCCCCCCCC)OC(=O)CCCCCCCCC/C=C\CCCCCC. The zero-order chi connectivity index (χ0) is 52.2. The number of amides is 1. The Labute approximate surface area is 437 Å². The third kappa shape index (κ3) is 51.9. The molecule has 0 bridgehead atoms. The van der Waals surface area contributed by atoms with Crippen LogP contribution in [-0.2, 0) is 27.9 Å². The molecule has 1 amide bonds. The molecular formula is C61H110N2O7P+. The number of hydrogen-bond acceptors (Lipinski definition) is 6. The van der Waals surface area contributed by atoms with Crippen LogP contribution in [0.25, 0.3) is 0 Å². The molecule has 0 aromatic rings. The minimum Gasteiger partial charge on any atom is -0.456 e. The average Bonchev–Trinajstić information content (AvgIpc) is 3.33. The number of hydrogen-bond donors (Lipinski definition) is 2. The van der Waals surface area contributed by atoms with Crippen LogP contribution in [0.2, 0.25) is 0 Å². The summed E-state index contributed by atoms with van der Waals surface area (Å²) in [5.41, 5.74) is 0. The Morgan fingerprint density at radius 1 is 0.507 bits per heavy atom. The molecule has 3 unspecified atom stereocenters. The van der Waals surface area contributed by atoms with Crippen molar-refractivity contribution >= 4 is 19.7 Å². The van der Waals surface area contributed by atoms with E-state index in [1.807, 2.05) is 33.3 Å². The van der Waals surface area contributed by atoms with Crippen LogP contribution in [0.15, 0.2) is 85.1 Å². The molecule has 0 aromatic carbocycles. The van der Waals surface area contributed by atoms with E-state index in [0.717, 1.165) is 89.9 Å². The van der Waals surface area contributed by atoms with E-state index in [1.165, 1.54) is 109 Å². The fraction of sp³-hybridized carbons (Fsp3) is 0.738. The summed E-state index contributed by atoms with van der Waals surface area (Å²) >= 11 is 0. The fourth-order valence-electron chi connectivity index (χ4n) is 7.85. The maximum Gasteiger partial charge on any atom is 0.472 e. The molecule has 9 nitrogen and oxygen atoms in total. The number of rotatable bonds is 51. The van der Waals surface area contributed by atoms with Gasteiger partial charge < -0.3 is 19.4 Å². The van der Waals surface area contributed by atoms with Gasteiger partial charge in [-0.1, -0.05) is 215 Å². The smallest absolute Gasteiger partial charge is 0.456 e. The minimum atomic E-state index is -4.46. The van der Waals surface area contributed by atoms with Crippen molar-refractivity contribution in [2.24, 2.45) is 0 Å². The van der Waals surface area contributed by atoms with Crippen molar-refractivity contribution in [2.45, 2.75) is 251 Å². The number of nitrogens with one attached hydrogen (secondary N) is 1.